The van der Waals surface area contributed by atoms with Gasteiger partial charge >= 0.3 is 0 Å². The number of hydrogen-bond acceptors (Lipinski definition) is 3. The molecule has 0 radical (unpaired) electrons. The van der Waals surface area contributed by atoms with Gasteiger partial charge in [0.25, 0.3) is 0 Å². The van der Waals surface area contributed by atoms with E-state index in [-0.39, 0.29) is 12.5 Å². The normalized spacial score (nSPS) is 11.2. The summed E-state index contributed by atoms with van der Waals surface area (Å²) in [5.74, 6) is 0.752. The minimum Gasteiger partial charge on any atom is -0.494 e. The molecule has 4 nitrogen and oxygen atoms in total. The first-order valence-corrected chi connectivity index (χ1v) is 7.66. The van der Waals surface area contributed by atoms with E-state index in [2.05, 4.69) is 4.98 Å². The minimum atomic E-state index is -0.514. The number of pyridine rings is 1. The molecule has 0 unspecified atom stereocenters. The molecule has 0 aliphatic heterocycles. The summed E-state index contributed by atoms with van der Waals surface area (Å²) in [6.45, 7) is -0.466. The van der Waals surface area contributed by atoms with Gasteiger partial charge in [0.15, 0.2) is 5.88 Å². The van der Waals surface area contributed by atoms with E-state index in [1.165, 1.54) is 0 Å². The second kappa shape index (κ2) is 5.85. The number of para-hydroxylation sites is 2. The van der Waals surface area contributed by atoms with Crippen molar-refractivity contribution in [3.63, 3.8) is 0 Å². The summed E-state index contributed by atoms with van der Waals surface area (Å²) < 4.78 is 19.1. The summed E-state index contributed by atoms with van der Waals surface area (Å²) in [4.78, 5) is 4.56. The summed E-state index contributed by atoms with van der Waals surface area (Å²) >= 11 is 0. The fraction of sp³-hybridized carbons (Fsp3) is 0.105. The molecule has 0 spiro atoms. The number of benzene rings is 2. The van der Waals surface area contributed by atoms with Gasteiger partial charge in [-0.1, -0.05) is 24.3 Å². The fourth-order valence-electron chi connectivity index (χ4n) is 2.83. The molecule has 2 heterocycles. The molecule has 1 N–H and O–H groups in total. The molecule has 5 heteroatoms. The molecule has 0 aliphatic carbocycles. The molecule has 0 saturated heterocycles. The molecule has 0 bridgehead atoms. The Balaban J connectivity index is 1.78. The van der Waals surface area contributed by atoms with E-state index in [9.17, 15) is 9.50 Å². The molecule has 4 rings (SSSR count). The number of rotatable bonds is 4. The van der Waals surface area contributed by atoms with Gasteiger partial charge in [-0.15, -0.1) is 0 Å². The van der Waals surface area contributed by atoms with Crippen LogP contribution < -0.4 is 4.74 Å². The molecular formula is C19H15FN2O2. The van der Waals surface area contributed by atoms with E-state index >= 15 is 0 Å². The number of aromatic nitrogens is 2. The molecule has 0 saturated carbocycles. The molecule has 4 aromatic rings. The average Bonchev–Trinajstić information content (AvgIpc) is 2.99. The lowest BCUT2D eigenvalue weighted by Crippen LogP contribution is -1.98. The molecule has 0 aliphatic rings. The van der Waals surface area contributed by atoms with Crippen LogP contribution >= 0.6 is 0 Å². The highest BCUT2D eigenvalue weighted by Crippen LogP contribution is 2.30. The van der Waals surface area contributed by atoms with E-state index < -0.39 is 6.67 Å². The van der Waals surface area contributed by atoms with Gasteiger partial charge in [0.1, 0.15) is 24.7 Å². The molecule has 0 amide bonds. The van der Waals surface area contributed by atoms with Gasteiger partial charge in [-0.2, -0.15) is 0 Å². The highest BCUT2D eigenvalue weighted by atomic mass is 19.1. The number of aromatic hydroxyl groups is 1. The molecule has 0 fully saturated rings. The molecule has 24 heavy (non-hydrogen) atoms. The Hall–Kier alpha value is -3.08. The van der Waals surface area contributed by atoms with Crippen molar-refractivity contribution in [1.82, 2.24) is 9.38 Å². The first-order chi connectivity index (χ1) is 11.8. The van der Waals surface area contributed by atoms with Crippen molar-refractivity contribution in [2.45, 2.75) is 0 Å². The number of ether oxygens (including phenoxy) is 1. The second-order valence-electron chi connectivity index (χ2n) is 5.46. The predicted octanol–water partition coefficient (Wildman–Crippen LogP) is 4.21. The molecule has 0 atom stereocenters. The van der Waals surface area contributed by atoms with Crippen LogP contribution in [0.5, 0.6) is 11.6 Å². The van der Waals surface area contributed by atoms with Crippen molar-refractivity contribution >= 4 is 16.7 Å². The zero-order valence-corrected chi connectivity index (χ0v) is 12.8. The largest absolute Gasteiger partial charge is 0.494 e. The van der Waals surface area contributed by atoms with Crippen LogP contribution in [-0.2, 0) is 0 Å². The molecule has 2 aromatic heterocycles. The Kier molecular flexibility index (Phi) is 3.54. The summed E-state index contributed by atoms with van der Waals surface area (Å²) in [5, 5.41) is 10.4. The predicted molar refractivity (Wildman–Crippen MR) is 91.3 cm³/mol. The van der Waals surface area contributed by atoms with Crippen LogP contribution in [0, 0.1) is 0 Å². The number of alkyl halides is 1. The summed E-state index contributed by atoms with van der Waals surface area (Å²) in [5.41, 5.74) is 4.16. The Morgan fingerprint density at radius 2 is 1.79 bits per heavy atom. The second-order valence-corrected chi connectivity index (χ2v) is 5.46. The van der Waals surface area contributed by atoms with Crippen molar-refractivity contribution in [3.05, 3.63) is 60.7 Å². The summed E-state index contributed by atoms with van der Waals surface area (Å²) in [6.07, 6.45) is 0. The number of hydrogen-bond donors (Lipinski definition) is 1. The van der Waals surface area contributed by atoms with Gasteiger partial charge in [-0.3, -0.25) is 4.40 Å². The summed E-state index contributed by atoms with van der Waals surface area (Å²) in [6, 6.07) is 18.6. The first kappa shape index (κ1) is 14.5. The molecule has 2 aromatic carbocycles. The van der Waals surface area contributed by atoms with Crippen LogP contribution in [-0.4, -0.2) is 27.8 Å². The number of halogens is 1. The lowest BCUT2D eigenvalue weighted by atomic mass is 10.1. The zero-order chi connectivity index (χ0) is 16.5. The maximum atomic E-state index is 12.1. The number of imidazole rings is 1. The number of nitrogens with zero attached hydrogens (tertiary/aromatic N) is 2. The van der Waals surface area contributed by atoms with Crippen LogP contribution in [0.25, 0.3) is 27.8 Å². The van der Waals surface area contributed by atoms with E-state index in [1.807, 2.05) is 42.5 Å². The van der Waals surface area contributed by atoms with Crippen molar-refractivity contribution < 1.29 is 14.2 Å². The Morgan fingerprint density at radius 3 is 2.58 bits per heavy atom. The van der Waals surface area contributed by atoms with Crippen LogP contribution in [0.15, 0.2) is 60.7 Å². The molecular weight excluding hydrogens is 307 g/mol. The highest BCUT2D eigenvalue weighted by molar-refractivity contribution is 5.83. The maximum Gasteiger partial charge on any atom is 0.197 e. The Labute approximate surface area is 137 Å². The monoisotopic (exact) mass is 322 g/mol. The third kappa shape index (κ3) is 2.44. The standard InChI is InChI=1S/C19H15FN2O2/c20-9-10-24-15-7-5-13(6-8-15)14-11-18-21-16-3-1-2-4-17(16)22(18)19(23)12-14/h1-8,11-12,23H,9-10H2. The van der Waals surface area contributed by atoms with Crippen LogP contribution in [0.4, 0.5) is 4.39 Å². The third-order valence-corrected chi connectivity index (χ3v) is 3.92. The third-order valence-electron chi connectivity index (χ3n) is 3.92. The van der Waals surface area contributed by atoms with E-state index in [0.29, 0.717) is 11.4 Å². The van der Waals surface area contributed by atoms with Crippen LogP contribution in [0.3, 0.4) is 0 Å². The van der Waals surface area contributed by atoms with Crippen molar-refractivity contribution in [2.75, 3.05) is 13.3 Å². The average molecular weight is 322 g/mol. The lowest BCUT2D eigenvalue weighted by Gasteiger charge is -2.07. The van der Waals surface area contributed by atoms with Gasteiger partial charge < -0.3 is 9.84 Å². The van der Waals surface area contributed by atoms with Gasteiger partial charge in [0, 0.05) is 6.07 Å². The van der Waals surface area contributed by atoms with Crippen molar-refractivity contribution in [2.24, 2.45) is 0 Å². The van der Waals surface area contributed by atoms with Crippen LogP contribution in [0.2, 0.25) is 0 Å². The van der Waals surface area contributed by atoms with Crippen molar-refractivity contribution in [3.8, 4) is 22.8 Å². The quantitative estimate of drug-likeness (QED) is 0.612. The highest BCUT2D eigenvalue weighted by Gasteiger charge is 2.10. The van der Waals surface area contributed by atoms with Gasteiger partial charge in [0.05, 0.1) is 11.0 Å². The van der Waals surface area contributed by atoms with Gasteiger partial charge in [0.2, 0.25) is 0 Å². The topological polar surface area (TPSA) is 46.8 Å². The zero-order valence-electron chi connectivity index (χ0n) is 12.8. The Morgan fingerprint density at radius 1 is 1.00 bits per heavy atom. The number of fused-ring (bicyclic) bond motifs is 3. The minimum absolute atomic E-state index is 0.0484. The van der Waals surface area contributed by atoms with Gasteiger partial charge in [-0.05, 0) is 41.5 Å². The van der Waals surface area contributed by atoms with Gasteiger partial charge in [-0.25, -0.2) is 9.37 Å². The Bertz CT molecular complexity index is 1010. The first-order valence-electron chi connectivity index (χ1n) is 7.66. The SMILES string of the molecule is Oc1cc(-c2ccc(OCCF)cc2)cc2nc3ccccc3n12. The summed E-state index contributed by atoms with van der Waals surface area (Å²) in [7, 11) is 0. The maximum absolute atomic E-state index is 12.1. The van der Waals surface area contributed by atoms with E-state index in [1.54, 1.807) is 22.6 Å². The van der Waals surface area contributed by atoms with Crippen LogP contribution in [0.1, 0.15) is 0 Å². The van der Waals surface area contributed by atoms with E-state index in [4.69, 9.17) is 4.74 Å². The van der Waals surface area contributed by atoms with E-state index in [0.717, 1.165) is 22.2 Å². The lowest BCUT2D eigenvalue weighted by molar-refractivity contribution is 0.273. The molecule has 120 valence electrons. The fourth-order valence-corrected chi connectivity index (χ4v) is 2.83. The van der Waals surface area contributed by atoms with Crippen molar-refractivity contribution in [1.29, 1.82) is 0 Å². The smallest absolute Gasteiger partial charge is 0.197 e.